The predicted octanol–water partition coefficient (Wildman–Crippen LogP) is 5.04. The first-order chi connectivity index (χ1) is 8.90. The van der Waals surface area contributed by atoms with Gasteiger partial charge in [0, 0.05) is 22.8 Å². The van der Waals surface area contributed by atoms with Crippen LogP contribution in [0.4, 0.5) is 0 Å². The molecule has 0 aliphatic rings. The molecule has 0 saturated heterocycles. The lowest BCUT2D eigenvalue weighted by atomic mass is 10.1. The molecular formula is C16H22OS. The summed E-state index contributed by atoms with van der Waals surface area (Å²) in [6.07, 6.45) is 6.36. The lowest BCUT2D eigenvalue weighted by Gasteiger charge is -2.01. The number of fused-ring (bicyclic) bond motifs is 1. The molecule has 1 aromatic heterocycles. The van der Waals surface area contributed by atoms with E-state index in [0.717, 1.165) is 13.2 Å². The maximum atomic E-state index is 5.34. The third-order valence-electron chi connectivity index (χ3n) is 3.14. The number of hydrogen-bond acceptors (Lipinski definition) is 2. The average molecular weight is 262 g/mol. The maximum Gasteiger partial charge on any atom is 0.0465 e. The summed E-state index contributed by atoms with van der Waals surface area (Å²) < 4.78 is 6.76. The molecule has 18 heavy (non-hydrogen) atoms. The average Bonchev–Trinajstić information content (AvgIpc) is 2.80. The third kappa shape index (κ3) is 4.11. The number of aryl methyl sites for hydroxylation is 1. The van der Waals surface area contributed by atoms with Crippen LogP contribution in [0.2, 0.25) is 0 Å². The highest BCUT2D eigenvalue weighted by Gasteiger charge is 2.00. The Morgan fingerprint density at radius 1 is 1.06 bits per heavy atom. The molecule has 0 unspecified atom stereocenters. The Hall–Kier alpha value is -0.860. The minimum Gasteiger partial charge on any atom is -0.382 e. The minimum atomic E-state index is 0.849. The Labute approximate surface area is 114 Å². The molecular weight excluding hydrogens is 240 g/mol. The maximum absolute atomic E-state index is 5.34. The Morgan fingerprint density at radius 3 is 2.72 bits per heavy atom. The molecule has 2 rings (SSSR count). The lowest BCUT2D eigenvalue weighted by molar-refractivity contribution is 0.143. The number of ether oxygens (including phenoxy) is 1. The number of thiophene rings is 1. The van der Waals surface area contributed by atoms with Crippen molar-refractivity contribution in [3.63, 3.8) is 0 Å². The molecule has 0 amide bonds. The Bertz CT molecular complexity index is 428. The number of rotatable bonds is 8. The standard InChI is InChI=1S/C16H22OS/c1-2-17-12-8-4-3-5-10-15-13-14-9-6-7-11-16(14)18-15/h6-7,9,11,13H,2-5,8,10,12H2,1H3. The van der Waals surface area contributed by atoms with Gasteiger partial charge in [-0.2, -0.15) is 0 Å². The fourth-order valence-electron chi connectivity index (χ4n) is 2.16. The van der Waals surface area contributed by atoms with Crippen LogP contribution < -0.4 is 0 Å². The summed E-state index contributed by atoms with van der Waals surface area (Å²) in [5.74, 6) is 0. The molecule has 0 aliphatic carbocycles. The van der Waals surface area contributed by atoms with Crippen molar-refractivity contribution < 1.29 is 4.74 Å². The molecule has 2 heteroatoms. The van der Waals surface area contributed by atoms with Gasteiger partial charge in [-0.3, -0.25) is 0 Å². The second kappa shape index (κ2) is 7.55. The smallest absolute Gasteiger partial charge is 0.0465 e. The first kappa shape index (κ1) is 13.6. The van der Waals surface area contributed by atoms with Crippen LogP contribution >= 0.6 is 11.3 Å². The molecule has 0 atom stereocenters. The van der Waals surface area contributed by atoms with Crippen molar-refractivity contribution in [1.82, 2.24) is 0 Å². The van der Waals surface area contributed by atoms with Gasteiger partial charge in [0.15, 0.2) is 0 Å². The number of unbranched alkanes of at least 4 members (excludes halogenated alkanes) is 3. The summed E-state index contributed by atoms with van der Waals surface area (Å²) in [6, 6.07) is 11.0. The van der Waals surface area contributed by atoms with E-state index < -0.39 is 0 Å². The van der Waals surface area contributed by atoms with Gasteiger partial charge in [-0.15, -0.1) is 11.3 Å². The SMILES string of the molecule is CCOCCCCCCc1cc2ccccc2s1. The minimum absolute atomic E-state index is 0.849. The first-order valence-corrected chi connectivity index (χ1v) is 7.77. The van der Waals surface area contributed by atoms with Gasteiger partial charge in [-0.25, -0.2) is 0 Å². The summed E-state index contributed by atoms with van der Waals surface area (Å²) in [6.45, 7) is 3.84. The van der Waals surface area contributed by atoms with Crippen LogP contribution in [0.1, 0.15) is 37.5 Å². The van der Waals surface area contributed by atoms with Crippen LogP contribution in [-0.2, 0) is 11.2 Å². The lowest BCUT2D eigenvalue weighted by Crippen LogP contribution is -1.93. The van der Waals surface area contributed by atoms with Crippen molar-refractivity contribution in [3.05, 3.63) is 35.2 Å². The zero-order valence-electron chi connectivity index (χ0n) is 11.2. The van der Waals surface area contributed by atoms with Crippen molar-refractivity contribution in [2.45, 2.75) is 39.0 Å². The van der Waals surface area contributed by atoms with E-state index in [4.69, 9.17) is 4.74 Å². The van der Waals surface area contributed by atoms with Gasteiger partial charge in [-0.05, 0) is 43.7 Å². The van der Waals surface area contributed by atoms with Crippen LogP contribution in [-0.4, -0.2) is 13.2 Å². The van der Waals surface area contributed by atoms with Crippen LogP contribution in [0.5, 0.6) is 0 Å². The largest absolute Gasteiger partial charge is 0.382 e. The van der Waals surface area contributed by atoms with Gasteiger partial charge < -0.3 is 4.74 Å². The van der Waals surface area contributed by atoms with Crippen molar-refractivity contribution in [2.75, 3.05) is 13.2 Å². The van der Waals surface area contributed by atoms with E-state index in [2.05, 4.69) is 37.3 Å². The van der Waals surface area contributed by atoms with Gasteiger partial charge in [0.1, 0.15) is 0 Å². The molecule has 0 aliphatic heterocycles. The summed E-state index contributed by atoms with van der Waals surface area (Å²) >= 11 is 1.94. The normalized spacial score (nSPS) is 11.2. The fraction of sp³-hybridized carbons (Fsp3) is 0.500. The molecule has 0 fully saturated rings. The topological polar surface area (TPSA) is 9.23 Å². The molecule has 1 aromatic carbocycles. The van der Waals surface area contributed by atoms with Gasteiger partial charge >= 0.3 is 0 Å². The second-order valence-corrected chi connectivity index (χ2v) is 5.78. The second-order valence-electron chi connectivity index (χ2n) is 4.61. The molecule has 0 N–H and O–H groups in total. The summed E-state index contributed by atoms with van der Waals surface area (Å²) in [5, 5.41) is 1.40. The third-order valence-corrected chi connectivity index (χ3v) is 4.32. The molecule has 1 nitrogen and oxygen atoms in total. The van der Waals surface area contributed by atoms with Crippen molar-refractivity contribution >= 4 is 21.4 Å². The molecule has 1 heterocycles. The molecule has 0 radical (unpaired) electrons. The van der Waals surface area contributed by atoms with E-state index in [1.54, 1.807) is 0 Å². The van der Waals surface area contributed by atoms with E-state index >= 15 is 0 Å². The quantitative estimate of drug-likeness (QED) is 0.605. The Kier molecular flexibility index (Phi) is 5.69. The Balaban J connectivity index is 1.67. The van der Waals surface area contributed by atoms with E-state index in [-0.39, 0.29) is 0 Å². The van der Waals surface area contributed by atoms with Gasteiger partial charge in [0.2, 0.25) is 0 Å². The highest BCUT2D eigenvalue weighted by Crippen LogP contribution is 2.26. The summed E-state index contributed by atoms with van der Waals surface area (Å²) in [7, 11) is 0. The monoisotopic (exact) mass is 262 g/mol. The van der Waals surface area contributed by atoms with Crippen molar-refractivity contribution in [2.24, 2.45) is 0 Å². The summed E-state index contributed by atoms with van der Waals surface area (Å²) in [5.41, 5.74) is 0. The summed E-state index contributed by atoms with van der Waals surface area (Å²) in [4.78, 5) is 1.53. The predicted molar refractivity (Wildman–Crippen MR) is 80.5 cm³/mol. The fourth-order valence-corrected chi connectivity index (χ4v) is 3.27. The van der Waals surface area contributed by atoms with E-state index in [0.29, 0.717) is 0 Å². The molecule has 0 saturated carbocycles. The zero-order valence-corrected chi connectivity index (χ0v) is 12.0. The highest BCUT2D eigenvalue weighted by atomic mass is 32.1. The van der Waals surface area contributed by atoms with Crippen LogP contribution in [0.3, 0.4) is 0 Å². The molecule has 0 spiro atoms. The van der Waals surface area contributed by atoms with Gasteiger partial charge in [0.05, 0.1) is 0 Å². The van der Waals surface area contributed by atoms with E-state index in [1.165, 1.54) is 47.1 Å². The molecule has 2 aromatic rings. The van der Waals surface area contributed by atoms with Crippen LogP contribution in [0, 0.1) is 0 Å². The molecule has 98 valence electrons. The van der Waals surface area contributed by atoms with Crippen LogP contribution in [0.25, 0.3) is 10.1 Å². The van der Waals surface area contributed by atoms with E-state index in [1.807, 2.05) is 11.3 Å². The van der Waals surface area contributed by atoms with Gasteiger partial charge in [0.25, 0.3) is 0 Å². The van der Waals surface area contributed by atoms with E-state index in [9.17, 15) is 0 Å². The Morgan fingerprint density at radius 2 is 1.89 bits per heavy atom. The highest BCUT2D eigenvalue weighted by molar-refractivity contribution is 7.19. The van der Waals surface area contributed by atoms with Crippen molar-refractivity contribution in [3.8, 4) is 0 Å². The number of benzene rings is 1. The number of hydrogen-bond donors (Lipinski definition) is 0. The van der Waals surface area contributed by atoms with Crippen molar-refractivity contribution in [1.29, 1.82) is 0 Å². The zero-order chi connectivity index (χ0) is 12.6. The van der Waals surface area contributed by atoms with Crippen LogP contribution in [0.15, 0.2) is 30.3 Å². The first-order valence-electron chi connectivity index (χ1n) is 6.95. The van der Waals surface area contributed by atoms with Gasteiger partial charge in [-0.1, -0.05) is 31.0 Å². The molecule has 0 bridgehead atoms.